The van der Waals surface area contributed by atoms with Crippen molar-refractivity contribution in [1.29, 1.82) is 0 Å². The molecule has 2 aromatic carbocycles. The molecule has 1 aliphatic heterocycles. The molecule has 1 aliphatic rings. The molecule has 1 unspecified atom stereocenters. The van der Waals surface area contributed by atoms with Crippen molar-refractivity contribution in [3.8, 4) is 11.6 Å². The molecule has 4 aromatic rings. The van der Waals surface area contributed by atoms with Crippen LogP contribution in [-0.2, 0) is 14.1 Å². The van der Waals surface area contributed by atoms with Crippen molar-refractivity contribution in [2.24, 2.45) is 14.1 Å². The number of hydrogen-bond acceptors (Lipinski definition) is 6. The summed E-state index contributed by atoms with van der Waals surface area (Å²) in [5, 5.41) is 0.569. The molecule has 2 N–H and O–H groups in total. The van der Waals surface area contributed by atoms with Crippen molar-refractivity contribution in [3.63, 3.8) is 0 Å². The van der Waals surface area contributed by atoms with Gasteiger partial charge in [-0.05, 0) is 18.2 Å². The monoisotopic (exact) mass is 403 g/mol. The minimum Gasteiger partial charge on any atom is -0.440 e. The average Bonchev–Trinajstić information content (AvgIpc) is 2.75. The summed E-state index contributed by atoms with van der Waals surface area (Å²) in [7, 11) is 2.90. The van der Waals surface area contributed by atoms with Crippen LogP contribution >= 0.6 is 0 Å². The highest BCUT2D eigenvalue weighted by Gasteiger charge is 2.37. The molecular formula is C22H17N3O5. The standard InChI is InChI=1S/C22H17N3O5/c1-24-19(26)17-15(16-18(23)12-8-4-6-10-14(12)30-21(16)27)11-7-3-5-9-13(11)29-20(17)25(2)22(24)28/h3-10,15H,23H2,1-2H3. The number of hydrogen-bond donors (Lipinski definition) is 1. The first-order chi connectivity index (χ1) is 14.4. The van der Waals surface area contributed by atoms with Crippen LogP contribution in [-0.4, -0.2) is 9.13 Å². The quantitative estimate of drug-likeness (QED) is 0.429. The summed E-state index contributed by atoms with van der Waals surface area (Å²) >= 11 is 0. The zero-order chi connectivity index (χ0) is 21.2. The minimum atomic E-state index is -0.851. The molecule has 0 amide bonds. The summed E-state index contributed by atoms with van der Waals surface area (Å²) in [6.45, 7) is 0. The molecule has 0 aliphatic carbocycles. The summed E-state index contributed by atoms with van der Waals surface area (Å²) in [6.07, 6.45) is 0. The lowest BCUT2D eigenvalue weighted by Gasteiger charge is -2.29. The maximum atomic E-state index is 13.2. The molecule has 0 radical (unpaired) electrons. The van der Waals surface area contributed by atoms with Crippen LogP contribution in [0.1, 0.15) is 22.6 Å². The highest BCUT2D eigenvalue weighted by Crippen LogP contribution is 2.46. The Labute approximate surface area is 169 Å². The predicted octanol–water partition coefficient (Wildman–Crippen LogP) is 2.06. The Hall–Kier alpha value is -4.07. The molecule has 0 saturated heterocycles. The number of anilines is 1. The Bertz CT molecular complexity index is 1530. The van der Waals surface area contributed by atoms with E-state index in [0.717, 1.165) is 4.57 Å². The molecule has 2 aromatic heterocycles. The first kappa shape index (κ1) is 18.0. The largest absolute Gasteiger partial charge is 0.440 e. The van der Waals surface area contributed by atoms with E-state index in [-0.39, 0.29) is 22.7 Å². The fourth-order valence-electron chi connectivity index (χ4n) is 4.05. The topological polar surface area (TPSA) is 109 Å². The Morgan fingerprint density at radius 3 is 2.40 bits per heavy atom. The van der Waals surface area contributed by atoms with Crippen molar-refractivity contribution in [2.75, 3.05) is 5.73 Å². The number of para-hydroxylation sites is 2. The van der Waals surface area contributed by atoms with E-state index in [4.69, 9.17) is 14.9 Å². The van der Waals surface area contributed by atoms with E-state index in [1.807, 2.05) is 0 Å². The Balaban J connectivity index is 1.96. The van der Waals surface area contributed by atoms with Gasteiger partial charge in [0.05, 0.1) is 22.7 Å². The lowest BCUT2D eigenvalue weighted by Crippen LogP contribution is -2.42. The van der Waals surface area contributed by atoms with Crippen LogP contribution in [0.25, 0.3) is 11.0 Å². The minimum absolute atomic E-state index is 0.0822. The summed E-state index contributed by atoms with van der Waals surface area (Å²) < 4.78 is 13.7. The van der Waals surface area contributed by atoms with E-state index in [1.165, 1.54) is 18.7 Å². The van der Waals surface area contributed by atoms with Crippen LogP contribution < -0.4 is 27.3 Å². The highest BCUT2D eigenvalue weighted by molar-refractivity contribution is 5.90. The molecular weight excluding hydrogens is 386 g/mol. The molecule has 150 valence electrons. The van der Waals surface area contributed by atoms with E-state index in [1.54, 1.807) is 48.5 Å². The molecule has 0 fully saturated rings. The summed E-state index contributed by atoms with van der Waals surface area (Å²) in [4.78, 5) is 38.7. The molecule has 30 heavy (non-hydrogen) atoms. The number of fused-ring (bicyclic) bond motifs is 3. The van der Waals surface area contributed by atoms with Crippen molar-refractivity contribution in [1.82, 2.24) is 9.13 Å². The smallest absolute Gasteiger partial charge is 0.342 e. The van der Waals surface area contributed by atoms with Crippen molar-refractivity contribution >= 4 is 16.7 Å². The molecule has 8 heteroatoms. The molecule has 8 nitrogen and oxygen atoms in total. The normalized spacial score (nSPS) is 14.8. The van der Waals surface area contributed by atoms with Gasteiger partial charge in [-0.25, -0.2) is 9.59 Å². The first-order valence-corrected chi connectivity index (χ1v) is 9.28. The second-order valence-corrected chi connectivity index (χ2v) is 7.21. The van der Waals surface area contributed by atoms with E-state index >= 15 is 0 Å². The van der Waals surface area contributed by atoms with Crippen LogP contribution in [0.2, 0.25) is 0 Å². The number of rotatable bonds is 1. The van der Waals surface area contributed by atoms with Crippen molar-refractivity contribution in [3.05, 3.63) is 96.5 Å². The van der Waals surface area contributed by atoms with E-state index < -0.39 is 22.8 Å². The Kier molecular flexibility index (Phi) is 3.73. The van der Waals surface area contributed by atoms with Gasteiger partial charge in [-0.3, -0.25) is 13.9 Å². The maximum Gasteiger partial charge on any atom is 0.342 e. The van der Waals surface area contributed by atoms with Gasteiger partial charge < -0.3 is 14.9 Å². The van der Waals surface area contributed by atoms with Crippen LogP contribution in [0.3, 0.4) is 0 Å². The van der Waals surface area contributed by atoms with Crippen LogP contribution in [0.5, 0.6) is 11.6 Å². The Morgan fingerprint density at radius 2 is 1.60 bits per heavy atom. The second kappa shape index (κ2) is 6.21. The number of nitrogens with zero attached hydrogens (tertiary/aromatic N) is 2. The summed E-state index contributed by atoms with van der Waals surface area (Å²) in [6, 6.07) is 14.0. The molecule has 0 spiro atoms. The highest BCUT2D eigenvalue weighted by atomic mass is 16.5. The van der Waals surface area contributed by atoms with Crippen LogP contribution in [0, 0.1) is 0 Å². The fourth-order valence-corrected chi connectivity index (χ4v) is 4.05. The number of ether oxygens (including phenoxy) is 1. The SMILES string of the molecule is Cn1c2c(c(=O)n(C)c1=O)C(c1c(N)c3ccccc3oc1=O)c1ccccc1O2. The third kappa shape index (κ3) is 2.30. The number of aromatic nitrogens is 2. The first-order valence-electron chi connectivity index (χ1n) is 9.28. The third-order valence-corrected chi connectivity index (χ3v) is 5.55. The van der Waals surface area contributed by atoms with Crippen molar-refractivity contribution in [2.45, 2.75) is 5.92 Å². The van der Waals surface area contributed by atoms with Crippen molar-refractivity contribution < 1.29 is 9.15 Å². The lowest BCUT2D eigenvalue weighted by atomic mass is 9.83. The van der Waals surface area contributed by atoms with Gasteiger partial charge in [-0.2, -0.15) is 0 Å². The van der Waals surface area contributed by atoms with Gasteiger partial charge in [-0.15, -0.1) is 0 Å². The molecule has 0 saturated carbocycles. The summed E-state index contributed by atoms with van der Waals surface area (Å²) in [5.41, 5.74) is 6.19. The van der Waals surface area contributed by atoms with E-state index in [0.29, 0.717) is 22.3 Å². The van der Waals surface area contributed by atoms with Gasteiger partial charge in [0.25, 0.3) is 5.56 Å². The molecule has 5 rings (SSSR count). The van der Waals surface area contributed by atoms with Gasteiger partial charge in [-0.1, -0.05) is 30.3 Å². The zero-order valence-corrected chi connectivity index (χ0v) is 16.2. The zero-order valence-electron chi connectivity index (χ0n) is 16.2. The molecule has 0 bridgehead atoms. The van der Waals surface area contributed by atoms with Crippen LogP contribution in [0.15, 0.2) is 67.3 Å². The van der Waals surface area contributed by atoms with Gasteiger partial charge in [0, 0.05) is 25.0 Å². The van der Waals surface area contributed by atoms with Crippen LogP contribution in [0.4, 0.5) is 5.69 Å². The lowest BCUT2D eigenvalue weighted by molar-refractivity contribution is 0.393. The van der Waals surface area contributed by atoms with E-state index in [2.05, 4.69) is 0 Å². The third-order valence-electron chi connectivity index (χ3n) is 5.55. The Morgan fingerprint density at radius 1 is 0.900 bits per heavy atom. The van der Waals surface area contributed by atoms with Gasteiger partial charge in [0.1, 0.15) is 11.3 Å². The fraction of sp³-hybridized carbons (Fsp3) is 0.136. The number of benzene rings is 2. The molecule has 3 heterocycles. The second-order valence-electron chi connectivity index (χ2n) is 7.21. The van der Waals surface area contributed by atoms with Gasteiger partial charge in [0.15, 0.2) is 0 Å². The van der Waals surface area contributed by atoms with Gasteiger partial charge in [0.2, 0.25) is 5.88 Å². The number of nitrogen functional groups attached to an aromatic ring is 1. The number of nitrogens with two attached hydrogens (primary N) is 1. The maximum absolute atomic E-state index is 13.2. The average molecular weight is 403 g/mol. The predicted molar refractivity (Wildman–Crippen MR) is 111 cm³/mol. The van der Waals surface area contributed by atoms with E-state index in [9.17, 15) is 14.4 Å². The van der Waals surface area contributed by atoms with Gasteiger partial charge >= 0.3 is 11.3 Å². The summed E-state index contributed by atoms with van der Waals surface area (Å²) in [5.74, 6) is -0.333. The molecule has 1 atom stereocenters.